The van der Waals surface area contributed by atoms with E-state index in [4.69, 9.17) is 16.3 Å². The van der Waals surface area contributed by atoms with Crippen molar-refractivity contribution in [1.82, 2.24) is 15.5 Å². The number of carbonyl (C=O) groups is 1. The van der Waals surface area contributed by atoms with E-state index in [0.29, 0.717) is 12.5 Å². The quantitative estimate of drug-likeness (QED) is 0.325. The molecule has 9 heteroatoms. The molecule has 2 fully saturated rings. The van der Waals surface area contributed by atoms with Crippen LogP contribution in [0.5, 0.6) is 0 Å². The molecule has 2 aliphatic rings. The number of nitrogens with zero attached hydrogens (tertiary/aromatic N) is 3. The summed E-state index contributed by atoms with van der Waals surface area (Å²) in [7, 11) is 3.49. The Morgan fingerprint density at radius 2 is 2.10 bits per heavy atom. The zero-order valence-electron chi connectivity index (χ0n) is 17.8. The van der Waals surface area contributed by atoms with Gasteiger partial charge >= 0.3 is 0 Å². The average molecular weight is 550 g/mol. The summed E-state index contributed by atoms with van der Waals surface area (Å²) in [6, 6.07) is 8.18. The van der Waals surface area contributed by atoms with Crippen molar-refractivity contribution in [2.75, 3.05) is 51.8 Å². The van der Waals surface area contributed by atoms with Crippen molar-refractivity contribution in [3.63, 3.8) is 0 Å². The molecule has 0 spiro atoms. The van der Waals surface area contributed by atoms with E-state index >= 15 is 0 Å². The number of piperidine rings is 1. The Bertz CT molecular complexity index is 712. The van der Waals surface area contributed by atoms with E-state index in [1.54, 1.807) is 19.0 Å². The number of hydrogen-bond donors (Lipinski definition) is 2. The van der Waals surface area contributed by atoms with Crippen LogP contribution in [0.3, 0.4) is 0 Å². The molecule has 0 aliphatic carbocycles. The van der Waals surface area contributed by atoms with Gasteiger partial charge in [-0.1, -0.05) is 23.7 Å². The molecule has 0 radical (unpaired) electrons. The maximum Gasteiger partial charge on any atom is 0.243 e. The number of para-hydroxylation sites is 1. The van der Waals surface area contributed by atoms with Crippen molar-refractivity contribution in [1.29, 1.82) is 0 Å². The van der Waals surface area contributed by atoms with E-state index in [0.717, 1.165) is 56.1 Å². The highest BCUT2D eigenvalue weighted by molar-refractivity contribution is 14.0. The van der Waals surface area contributed by atoms with Gasteiger partial charge in [0.05, 0.1) is 16.8 Å². The molecule has 0 aromatic heterocycles. The monoisotopic (exact) mass is 549 g/mol. The number of guanidine groups is 1. The largest absolute Gasteiger partial charge is 0.376 e. The highest BCUT2D eigenvalue weighted by Gasteiger charge is 2.23. The summed E-state index contributed by atoms with van der Waals surface area (Å²) >= 11 is 6.39. The first-order valence-electron chi connectivity index (χ1n) is 10.4. The third-order valence-electron chi connectivity index (χ3n) is 5.35. The topological polar surface area (TPSA) is 69.2 Å². The summed E-state index contributed by atoms with van der Waals surface area (Å²) in [5.74, 6) is 0.645. The highest BCUT2D eigenvalue weighted by atomic mass is 127. The van der Waals surface area contributed by atoms with Crippen LogP contribution in [0.15, 0.2) is 29.3 Å². The number of aliphatic imine (C=N–C) groups is 1. The summed E-state index contributed by atoms with van der Waals surface area (Å²) in [6.45, 7) is 3.46. The second-order valence-electron chi connectivity index (χ2n) is 7.85. The van der Waals surface area contributed by atoms with Crippen LogP contribution in [0.4, 0.5) is 5.69 Å². The second kappa shape index (κ2) is 12.6. The summed E-state index contributed by atoms with van der Waals surface area (Å²) in [5.41, 5.74) is 1.06. The predicted octanol–water partition coefficient (Wildman–Crippen LogP) is 2.73. The zero-order chi connectivity index (χ0) is 20.6. The zero-order valence-corrected chi connectivity index (χ0v) is 20.9. The van der Waals surface area contributed by atoms with Gasteiger partial charge in [0, 0.05) is 46.4 Å². The molecule has 2 atom stereocenters. The number of hydrogen-bond acceptors (Lipinski definition) is 4. The van der Waals surface area contributed by atoms with Crippen molar-refractivity contribution in [2.45, 2.75) is 37.8 Å². The number of rotatable bonds is 6. The van der Waals surface area contributed by atoms with Gasteiger partial charge in [-0.3, -0.25) is 4.79 Å². The lowest BCUT2D eigenvalue weighted by molar-refractivity contribution is -0.127. The maximum atomic E-state index is 12.0. The Morgan fingerprint density at radius 1 is 1.30 bits per heavy atom. The van der Waals surface area contributed by atoms with Gasteiger partial charge in [0.2, 0.25) is 5.91 Å². The molecule has 0 bridgehead atoms. The minimum Gasteiger partial charge on any atom is -0.376 e. The minimum absolute atomic E-state index is 0. The number of halogens is 2. The molecule has 0 saturated carbocycles. The van der Waals surface area contributed by atoms with Gasteiger partial charge in [0.25, 0.3) is 0 Å². The van der Waals surface area contributed by atoms with Gasteiger partial charge in [-0.25, -0.2) is 4.99 Å². The fourth-order valence-corrected chi connectivity index (χ4v) is 3.93. The second-order valence-corrected chi connectivity index (χ2v) is 8.26. The molecule has 2 saturated heterocycles. The number of amides is 1. The Morgan fingerprint density at radius 3 is 2.80 bits per heavy atom. The summed E-state index contributed by atoms with van der Waals surface area (Å²) < 4.78 is 5.70. The molecule has 3 rings (SSSR count). The van der Waals surface area contributed by atoms with Gasteiger partial charge in [-0.2, -0.15) is 0 Å². The van der Waals surface area contributed by atoms with Crippen LogP contribution in [0, 0.1) is 0 Å². The lowest BCUT2D eigenvalue weighted by Gasteiger charge is -2.36. The van der Waals surface area contributed by atoms with Crippen LogP contribution >= 0.6 is 35.6 Å². The fourth-order valence-electron chi connectivity index (χ4n) is 3.67. The van der Waals surface area contributed by atoms with E-state index in [1.807, 2.05) is 18.2 Å². The minimum atomic E-state index is -0.0236. The van der Waals surface area contributed by atoms with Crippen LogP contribution in [0.2, 0.25) is 5.02 Å². The third-order valence-corrected chi connectivity index (χ3v) is 5.67. The van der Waals surface area contributed by atoms with Crippen molar-refractivity contribution in [3.8, 4) is 0 Å². The van der Waals surface area contributed by atoms with Crippen LogP contribution in [0.25, 0.3) is 0 Å². The van der Waals surface area contributed by atoms with Gasteiger partial charge in [0.1, 0.15) is 6.54 Å². The van der Waals surface area contributed by atoms with E-state index in [2.05, 4.69) is 26.6 Å². The number of anilines is 1. The van der Waals surface area contributed by atoms with Crippen LogP contribution in [0.1, 0.15) is 25.7 Å². The standard InChI is InChI=1S/C21H32ClN5O2.HI/c1-26(2)20(28)14-24-21(23-13-17-8-6-12-29-17)25-16-7-5-11-27(15-16)19-10-4-3-9-18(19)22;/h3-4,9-10,16-17H,5-8,11-15H2,1-2H3,(H2,23,24,25);1H. The molecular weight excluding hydrogens is 517 g/mol. The summed E-state index contributed by atoms with van der Waals surface area (Å²) in [5, 5.41) is 7.66. The van der Waals surface area contributed by atoms with Crippen molar-refractivity contribution in [3.05, 3.63) is 29.3 Å². The molecule has 2 aliphatic heterocycles. The van der Waals surface area contributed by atoms with Crippen molar-refractivity contribution >= 4 is 53.1 Å². The van der Waals surface area contributed by atoms with Crippen molar-refractivity contribution < 1.29 is 9.53 Å². The summed E-state index contributed by atoms with van der Waals surface area (Å²) in [4.78, 5) is 20.4. The molecule has 2 heterocycles. The normalized spacial score (nSPS) is 21.7. The van der Waals surface area contributed by atoms with Gasteiger partial charge in [0.15, 0.2) is 5.96 Å². The first-order chi connectivity index (χ1) is 14.0. The lowest BCUT2D eigenvalue weighted by Crippen LogP contribution is -2.52. The Labute approximate surface area is 201 Å². The Hall–Kier alpha value is -1.26. The molecule has 2 N–H and O–H groups in total. The lowest BCUT2D eigenvalue weighted by atomic mass is 10.0. The molecule has 168 valence electrons. The molecule has 2 unspecified atom stereocenters. The van der Waals surface area contributed by atoms with E-state index < -0.39 is 0 Å². The smallest absolute Gasteiger partial charge is 0.243 e. The Balaban J connectivity index is 0.00000320. The fraction of sp³-hybridized carbons (Fsp3) is 0.619. The molecule has 1 aromatic rings. The van der Waals surface area contributed by atoms with E-state index in [1.165, 1.54) is 0 Å². The average Bonchev–Trinajstić information content (AvgIpc) is 3.24. The van der Waals surface area contributed by atoms with Crippen LogP contribution in [-0.2, 0) is 9.53 Å². The molecule has 1 amide bonds. The number of carbonyl (C=O) groups excluding carboxylic acids is 1. The number of nitrogens with one attached hydrogen (secondary N) is 2. The SMILES string of the molecule is CN(C)C(=O)CN=C(NCC1CCCO1)NC1CCCN(c2ccccc2Cl)C1.I. The number of likely N-dealkylation sites (N-methyl/N-ethyl adjacent to an activating group) is 1. The maximum absolute atomic E-state index is 12.0. The predicted molar refractivity (Wildman–Crippen MR) is 133 cm³/mol. The van der Waals surface area contributed by atoms with Gasteiger partial charge < -0.3 is 25.2 Å². The van der Waals surface area contributed by atoms with Crippen LogP contribution < -0.4 is 15.5 Å². The van der Waals surface area contributed by atoms with Crippen molar-refractivity contribution in [2.24, 2.45) is 4.99 Å². The first-order valence-corrected chi connectivity index (χ1v) is 10.8. The van der Waals surface area contributed by atoms with Crippen LogP contribution in [-0.4, -0.2) is 75.8 Å². The molecule has 1 aromatic carbocycles. The molecular formula is C21H33ClIN5O2. The number of ether oxygens (including phenoxy) is 1. The Kier molecular flexibility index (Phi) is 10.5. The van der Waals surface area contributed by atoms with Gasteiger partial charge in [-0.05, 0) is 37.8 Å². The highest BCUT2D eigenvalue weighted by Crippen LogP contribution is 2.27. The third kappa shape index (κ3) is 7.46. The molecule has 7 nitrogen and oxygen atoms in total. The van der Waals surface area contributed by atoms with E-state index in [9.17, 15) is 4.79 Å². The molecule has 30 heavy (non-hydrogen) atoms. The van der Waals surface area contributed by atoms with Gasteiger partial charge in [-0.15, -0.1) is 24.0 Å². The van der Waals surface area contributed by atoms with E-state index in [-0.39, 0.29) is 48.6 Å². The number of benzene rings is 1. The first kappa shape index (κ1) is 25.0. The summed E-state index contributed by atoms with van der Waals surface area (Å²) in [6.07, 6.45) is 4.47.